The number of nitrogens with two attached hydrogens (primary N) is 2. The number of rotatable bonds is 9. The van der Waals surface area contributed by atoms with Crippen LogP contribution in [-0.4, -0.2) is 99.7 Å². The van der Waals surface area contributed by atoms with Gasteiger partial charge in [-0.15, -0.1) is 0 Å². The van der Waals surface area contributed by atoms with E-state index >= 15 is 4.39 Å². The second-order valence-electron chi connectivity index (χ2n) is 10.5. The zero-order chi connectivity index (χ0) is 31.8. The van der Waals surface area contributed by atoms with Crippen LogP contribution in [0.5, 0.6) is 0 Å². The molecule has 10 atom stereocenters. The Bertz CT molecular complexity index is 1930. The van der Waals surface area contributed by atoms with Crippen LogP contribution in [0.3, 0.4) is 0 Å². The van der Waals surface area contributed by atoms with Crippen LogP contribution in [0.15, 0.2) is 23.8 Å². The van der Waals surface area contributed by atoms with Crippen molar-refractivity contribution >= 4 is 72.4 Å². The fourth-order valence-corrected chi connectivity index (χ4v) is 9.37. The molecule has 0 saturated carbocycles. The van der Waals surface area contributed by atoms with Crippen LogP contribution >= 0.6 is 38.3 Å². The van der Waals surface area contributed by atoms with E-state index in [0.29, 0.717) is 11.2 Å². The number of H-pyrrole nitrogens is 1. The smallest absolute Gasteiger partial charge is 0.280 e. The summed E-state index contributed by atoms with van der Waals surface area (Å²) in [6.45, 7) is -5.82. The number of alkyl halides is 1. The number of ether oxygens (including phenoxy) is 3. The van der Waals surface area contributed by atoms with Crippen LogP contribution in [0.4, 0.5) is 16.2 Å². The second-order valence-corrected chi connectivity index (χ2v) is 16.0. The molecule has 7 heterocycles. The van der Waals surface area contributed by atoms with E-state index in [1.165, 1.54) is 21.8 Å². The standard InChI is InChI=1S/C21H25FN10O9P2S2/c22-8-7(1-33)39-19(32-6-28-10-16(32)29-20(24)30-17(10)34)12(8)43(36,45)38-3-21-2-37-11(13(21)41-42(35)44)18(40-21)31-5-27-9-14(23)25-4-26-15(9)31/h4-8,11-13,18-19,33,42H,1-3H2,(H,35,44)(H,36,45)(H2,23,25,26)(H3,24,29,30,34)/t7-,8-,11-,12-,13+,18-,19-,21-,43?/m1/s1. The third kappa shape index (κ3) is 4.98. The summed E-state index contributed by atoms with van der Waals surface area (Å²) in [6.07, 6.45) is -3.98. The Labute approximate surface area is 261 Å². The lowest BCUT2D eigenvalue weighted by molar-refractivity contribution is -0.181. The Hall–Kier alpha value is -2.65. The van der Waals surface area contributed by atoms with Crippen LogP contribution in [0.1, 0.15) is 12.5 Å². The van der Waals surface area contributed by atoms with E-state index in [4.69, 9.17) is 34.7 Å². The molecule has 19 nitrogen and oxygen atoms in total. The fraction of sp³-hybridized carbons (Fsp3) is 0.524. The van der Waals surface area contributed by atoms with Crippen LogP contribution in [0.2, 0.25) is 0 Å². The van der Waals surface area contributed by atoms with E-state index in [0.717, 1.165) is 6.33 Å². The van der Waals surface area contributed by atoms with Gasteiger partial charge in [0.1, 0.15) is 47.6 Å². The van der Waals surface area contributed by atoms with Crippen LogP contribution in [0, 0.1) is 0 Å². The number of nitrogens with zero attached hydrogens (tertiary/aromatic N) is 7. The van der Waals surface area contributed by atoms with Crippen molar-refractivity contribution in [1.29, 1.82) is 0 Å². The van der Waals surface area contributed by atoms with Gasteiger partial charge in [0.2, 0.25) is 13.2 Å². The molecule has 0 aliphatic carbocycles. The highest BCUT2D eigenvalue weighted by atomic mass is 32.7. The number of aromatic amines is 1. The summed E-state index contributed by atoms with van der Waals surface area (Å²) < 4.78 is 74.4. The number of aromatic nitrogens is 8. The lowest BCUT2D eigenvalue weighted by Gasteiger charge is -2.33. The van der Waals surface area contributed by atoms with Crippen LogP contribution in [-0.2, 0) is 32.4 Å². The first-order valence-electron chi connectivity index (χ1n) is 13.2. The number of hydrogen-bond acceptors (Lipinski definition) is 16. The molecule has 0 radical (unpaired) electrons. The van der Waals surface area contributed by atoms with Crippen LogP contribution in [0.25, 0.3) is 22.3 Å². The van der Waals surface area contributed by atoms with E-state index in [-0.39, 0.29) is 29.5 Å². The quantitative estimate of drug-likeness (QED) is 0.101. The summed E-state index contributed by atoms with van der Waals surface area (Å²) in [7, 11) is -2.87. The van der Waals surface area contributed by atoms with Gasteiger partial charge in [-0.1, -0.05) is 24.5 Å². The molecule has 7 rings (SSSR count). The van der Waals surface area contributed by atoms with Crippen molar-refractivity contribution in [1.82, 2.24) is 39.0 Å². The maximum atomic E-state index is 15.8. The summed E-state index contributed by atoms with van der Waals surface area (Å²) in [6, 6.07) is 0. The first kappa shape index (κ1) is 31.0. The minimum Gasteiger partial charge on any atom is -0.394 e. The average molecular weight is 707 g/mol. The molecule has 0 spiro atoms. The molecule has 3 saturated heterocycles. The van der Waals surface area contributed by atoms with Gasteiger partial charge in [-0.3, -0.25) is 28.0 Å². The van der Waals surface area contributed by atoms with Crippen LogP contribution < -0.4 is 17.0 Å². The number of fused-ring (bicyclic) bond motifs is 4. The molecule has 2 bridgehead atoms. The molecular weight excluding hydrogens is 681 g/mol. The lowest BCUT2D eigenvalue weighted by Crippen LogP contribution is -2.45. The van der Waals surface area contributed by atoms with Gasteiger partial charge in [0.05, 0.1) is 32.5 Å². The predicted molar refractivity (Wildman–Crippen MR) is 160 cm³/mol. The van der Waals surface area contributed by atoms with Crippen molar-refractivity contribution in [2.24, 2.45) is 0 Å². The molecule has 3 aliphatic rings. The van der Waals surface area contributed by atoms with E-state index in [1.807, 2.05) is 0 Å². The highest BCUT2D eigenvalue weighted by Crippen LogP contribution is 2.65. The Kier molecular flexibility index (Phi) is 7.75. The van der Waals surface area contributed by atoms with Crippen molar-refractivity contribution in [2.75, 3.05) is 31.3 Å². The zero-order valence-corrected chi connectivity index (χ0v) is 26.3. The van der Waals surface area contributed by atoms with Crippen molar-refractivity contribution in [3.8, 4) is 0 Å². The summed E-state index contributed by atoms with van der Waals surface area (Å²) in [4.78, 5) is 35.1. The molecule has 0 aromatic carbocycles. The number of halogens is 1. The highest BCUT2D eigenvalue weighted by Gasteiger charge is 2.65. The number of thiol groups is 2. The largest absolute Gasteiger partial charge is 0.394 e. The number of hydrogen-bond donors (Lipinski definition) is 6. The van der Waals surface area contributed by atoms with E-state index in [1.54, 1.807) is 0 Å². The number of anilines is 2. The average Bonchev–Trinajstić information content (AvgIpc) is 3.79. The van der Waals surface area contributed by atoms with Crippen molar-refractivity contribution in [3.63, 3.8) is 0 Å². The fourth-order valence-electron chi connectivity index (χ4n) is 5.90. The van der Waals surface area contributed by atoms with Crippen molar-refractivity contribution in [2.45, 2.75) is 48.2 Å². The van der Waals surface area contributed by atoms with Crippen molar-refractivity contribution in [3.05, 3.63) is 29.3 Å². The molecule has 0 amide bonds. The molecule has 4 aromatic heterocycles. The van der Waals surface area contributed by atoms with E-state index in [9.17, 15) is 19.0 Å². The summed E-state index contributed by atoms with van der Waals surface area (Å²) in [5, 5.41) is 9.81. The van der Waals surface area contributed by atoms with Crippen molar-refractivity contribution < 1.29 is 41.9 Å². The van der Waals surface area contributed by atoms with Gasteiger partial charge < -0.3 is 39.8 Å². The maximum Gasteiger partial charge on any atom is 0.280 e. The third-order valence-electron chi connectivity index (χ3n) is 7.93. The number of aliphatic hydroxyl groups is 1. The van der Waals surface area contributed by atoms with Gasteiger partial charge in [0, 0.05) is 0 Å². The first-order chi connectivity index (χ1) is 21.4. The molecule has 3 fully saturated rings. The molecule has 3 aliphatic heterocycles. The lowest BCUT2D eigenvalue weighted by atomic mass is 10.0. The topological polar surface area (TPSA) is 260 Å². The molecule has 242 valence electrons. The third-order valence-corrected chi connectivity index (χ3v) is 11.6. The van der Waals surface area contributed by atoms with Gasteiger partial charge in [0.25, 0.3) is 12.1 Å². The molecule has 2 unspecified atom stereocenters. The number of aliphatic hydroxyl groups excluding tert-OH is 1. The normalized spacial score (nSPS) is 33.3. The number of nitrogen functional groups attached to an aromatic ring is 2. The predicted octanol–water partition coefficient (Wildman–Crippen LogP) is 0.231. The molecule has 45 heavy (non-hydrogen) atoms. The first-order valence-corrected chi connectivity index (χ1v) is 18.6. The van der Waals surface area contributed by atoms with Gasteiger partial charge >= 0.3 is 0 Å². The molecule has 24 heteroatoms. The van der Waals surface area contributed by atoms with Gasteiger partial charge in [-0.05, 0) is 0 Å². The Morgan fingerprint density at radius 2 is 1.93 bits per heavy atom. The second kappa shape index (κ2) is 11.3. The molecular formula is C21H25FN10O9P2S2. The number of nitrogens with one attached hydrogen (secondary N) is 1. The summed E-state index contributed by atoms with van der Waals surface area (Å²) in [5.41, 5.74) is 8.21. The van der Waals surface area contributed by atoms with Gasteiger partial charge in [-0.25, -0.2) is 24.3 Å². The Morgan fingerprint density at radius 1 is 1.20 bits per heavy atom. The minimum absolute atomic E-state index is 0.0812. The Morgan fingerprint density at radius 3 is 2.67 bits per heavy atom. The maximum absolute atomic E-state index is 15.8. The SMILES string of the molecule is Nc1nc2c(ncn2[C@@H]2O[C@H](CO)[C@@H](F)[C@H]2P(=O)(S)OC[C@@]23CO[C@@H]([C@H](n4cnc5c(N)ncnc54)O2)[C@@H]3O[PH](=O)S)c(=O)[nH]1. The highest BCUT2D eigenvalue weighted by molar-refractivity contribution is 8.46. The molecule has 4 aromatic rings. The van der Waals surface area contributed by atoms with Gasteiger partial charge in [-0.2, -0.15) is 4.98 Å². The molecule has 6 N–H and O–H groups in total. The summed E-state index contributed by atoms with van der Waals surface area (Å²) >= 11 is 8.20. The minimum atomic E-state index is -4.37. The monoisotopic (exact) mass is 706 g/mol. The van der Waals surface area contributed by atoms with Gasteiger partial charge in [0.15, 0.2) is 35.1 Å². The zero-order valence-electron chi connectivity index (χ0n) is 22.6. The number of imidazole rings is 2. The summed E-state index contributed by atoms with van der Waals surface area (Å²) in [5.74, 6) is -0.115. The van der Waals surface area contributed by atoms with E-state index in [2.05, 4.69) is 54.4 Å². The Balaban J connectivity index is 1.20. The van der Waals surface area contributed by atoms with E-state index < -0.39 is 80.8 Å².